The van der Waals surface area contributed by atoms with E-state index < -0.39 is 10.0 Å². The van der Waals surface area contributed by atoms with Gasteiger partial charge in [0.1, 0.15) is 0 Å². The summed E-state index contributed by atoms with van der Waals surface area (Å²) < 4.78 is 34.5. The Kier molecular flexibility index (Phi) is 8.18. The van der Waals surface area contributed by atoms with E-state index in [2.05, 4.69) is 66.4 Å². The van der Waals surface area contributed by atoms with Crippen molar-refractivity contribution in [2.75, 3.05) is 38.3 Å². The number of hydrogen-bond acceptors (Lipinski definition) is 5. The molecule has 5 atom stereocenters. The van der Waals surface area contributed by atoms with Gasteiger partial charge in [-0.3, -0.25) is 0 Å². The molecule has 1 fully saturated rings. The van der Waals surface area contributed by atoms with E-state index in [1.807, 2.05) is 19.0 Å². The van der Waals surface area contributed by atoms with Crippen molar-refractivity contribution in [3.63, 3.8) is 0 Å². The predicted molar refractivity (Wildman–Crippen MR) is 140 cm³/mol. The molecule has 188 valence electrons. The van der Waals surface area contributed by atoms with Crippen LogP contribution in [0, 0.1) is 11.8 Å². The fourth-order valence-electron chi connectivity index (χ4n) is 5.48. The van der Waals surface area contributed by atoms with Crippen LogP contribution in [0.3, 0.4) is 0 Å². The van der Waals surface area contributed by atoms with Crippen molar-refractivity contribution in [2.24, 2.45) is 11.8 Å². The van der Waals surface area contributed by atoms with Crippen molar-refractivity contribution in [2.45, 2.75) is 63.7 Å². The Balaban J connectivity index is 1.49. The summed E-state index contributed by atoms with van der Waals surface area (Å²) in [5.41, 5.74) is 3.69. The second-order valence-electron chi connectivity index (χ2n) is 10.6. The van der Waals surface area contributed by atoms with E-state index in [0.717, 1.165) is 31.5 Å². The summed E-state index contributed by atoms with van der Waals surface area (Å²) in [4.78, 5) is 2.01. The Hall–Kier alpha value is -1.67. The summed E-state index contributed by atoms with van der Waals surface area (Å²) in [6.07, 6.45) is 12.3. The molecule has 2 N–H and O–H groups in total. The largest absolute Gasteiger partial charge is 0.381 e. The summed E-state index contributed by atoms with van der Waals surface area (Å²) in [6.45, 7) is 5.54. The average Bonchev–Trinajstić information content (AvgIpc) is 2.82. The number of fused-ring (bicyclic) bond motifs is 3. The first-order valence-corrected chi connectivity index (χ1v) is 14.4. The van der Waals surface area contributed by atoms with Gasteiger partial charge in [-0.05, 0) is 63.9 Å². The van der Waals surface area contributed by atoms with Crippen LogP contribution >= 0.6 is 0 Å². The lowest BCUT2D eigenvalue weighted by Gasteiger charge is -2.47. The molecule has 34 heavy (non-hydrogen) atoms. The molecule has 1 unspecified atom stereocenters. The molecule has 0 radical (unpaired) electrons. The average molecular weight is 488 g/mol. The maximum atomic E-state index is 12.5. The molecule has 0 bridgehead atoms. The SMILES string of the molecule is CC(C)c1ccc2c(c1)[C@H]1O[C@@H](CNS(=O)(=O)CCCN(C)C)CC[C@H]1[C@H](C1C=CC=CC1)N2. The highest BCUT2D eigenvalue weighted by Crippen LogP contribution is 2.48. The number of nitrogens with one attached hydrogen (secondary N) is 2. The molecular formula is C27H41N3O3S. The van der Waals surface area contributed by atoms with Crippen LogP contribution in [0.1, 0.15) is 62.7 Å². The van der Waals surface area contributed by atoms with Gasteiger partial charge in [-0.1, -0.05) is 50.3 Å². The zero-order chi connectivity index (χ0) is 24.3. The van der Waals surface area contributed by atoms with Gasteiger partial charge >= 0.3 is 0 Å². The fourth-order valence-corrected chi connectivity index (χ4v) is 6.57. The molecule has 1 saturated heterocycles. The van der Waals surface area contributed by atoms with Gasteiger partial charge in [0.2, 0.25) is 10.0 Å². The van der Waals surface area contributed by atoms with Crippen LogP contribution in [0.15, 0.2) is 42.5 Å². The first-order valence-electron chi connectivity index (χ1n) is 12.7. The molecule has 0 aromatic heterocycles. The quantitative estimate of drug-likeness (QED) is 0.539. The van der Waals surface area contributed by atoms with Gasteiger partial charge in [0, 0.05) is 35.7 Å². The van der Waals surface area contributed by atoms with Crippen molar-refractivity contribution in [3.8, 4) is 0 Å². The Morgan fingerprint density at radius 3 is 2.74 bits per heavy atom. The molecule has 7 heteroatoms. The topological polar surface area (TPSA) is 70.7 Å². The molecule has 3 aliphatic rings. The number of anilines is 1. The molecule has 2 aliphatic heterocycles. The van der Waals surface area contributed by atoms with Gasteiger partial charge in [0.15, 0.2) is 0 Å². The first kappa shape index (κ1) is 25.4. The molecule has 0 amide bonds. The smallest absolute Gasteiger partial charge is 0.211 e. The third-order valence-corrected chi connectivity index (χ3v) is 8.84. The van der Waals surface area contributed by atoms with Crippen LogP contribution < -0.4 is 10.0 Å². The number of allylic oxidation sites excluding steroid dienone is 3. The molecule has 1 aromatic rings. The highest BCUT2D eigenvalue weighted by Gasteiger charge is 2.44. The van der Waals surface area contributed by atoms with Gasteiger partial charge < -0.3 is 15.0 Å². The minimum atomic E-state index is -3.30. The Labute approximate surface area is 205 Å². The van der Waals surface area contributed by atoms with Gasteiger partial charge in [0.05, 0.1) is 18.0 Å². The summed E-state index contributed by atoms with van der Waals surface area (Å²) in [7, 11) is 0.620. The lowest BCUT2D eigenvalue weighted by molar-refractivity contribution is -0.0923. The van der Waals surface area contributed by atoms with Gasteiger partial charge in [-0.2, -0.15) is 0 Å². The molecule has 4 rings (SSSR count). The molecule has 0 saturated carbocycles. The second kappa shape index (κ2) is 10.9. The third-order valence-electron chi connectivity index (χ3n) is 7.41. The number of sulfonamides is 1. The van der Waals surface area contributed by atoms with Crippen molar-refractivity contribution < 1.29 is 13.2 Å². The van der Waals surface area contributed by atoms with Crippen molar-refractivity contribution >= 4 is 15.7 Å². The summed E-state index contributed by atoms with van der Waals surface area (Å²) in [5, 5.41) is 3.85. The predicted octanol–water partition coefficient (Wildman–Crippen LogP) is 4.44. The second-order valence-corrected chi connectivity index (χ2v) is 12.6. The first-order chi connectivity index (χ1) is 16.2. The van der Waals surface area contributed by atoms with E-state index in [-0.39, 0.29) is 18.0 Å². The monoisotopic (exact) mass is 487 g/mol. The van der Waals surface area contributed by atoms with E-state index in [1.54, 1.807) is 0 Å². The van der Waals surface area contributed by atoms with E-state index in [4.69, 9.17) is 4.74 Å². The molecule has 1 aromatic carbocycles. The van der Waals surface area contributed by atoms with Crippen molar-refractivity contribution in [3.05, 3.63) is 53.6 Å². The Morgan fingerprint density at radius 1 is 1.21 bits per heavy atom. The number of ether oxygens (including phenoxy) is 1. The van der Waals surface area contributed by atoms with Crippen LogP contribution in [0.2, 0.25) is 0 Å². The number of rotatable bonds is 9. The summed E-state index contributed by atoms with van der Waals surface area (Å²) >= 11 is 0. The lowest BCUT2D eigenvalue weighted by atomic mass is 9.72. The van der Waals surface area contributed by atoms with Crippen LogP contribution in [-0.2, 0) is 14.8 Å². The minimum Gasteiger partial charge on any atom is -0.381 e. The summed E-state index contributed by atoms with van der Waals surface area (Å²) in [6, 6.07) is 7.03. The van der Waals surface area contributed by atoms with E-state index in [0.29, 0.717) is 36.8 Å². The van der Waals surface area contributed by atoms with E-state index in [1.165, 1.54) is 11.1 Å². The third kappa shape index (κ3) is 6.11. The molecule has 6 nitrogen and oxygen atoms in total. The molecule has 1 aliphatic carbocycles. The maximum Gasteiger partial charge on any atom is 0.211 e. The number of nitrogens with zero attached hydrogens (tertiary/aromatic N) is 1. The zero-order valence-electron chi connectivity index (χ0n) is 21.0. The van der Waals surface area contributed by atoms with Gasteiger partial charge in [-0.15, -0.1) is 0 Å². The molecule has 0 spiro atoms. The van der Waals surface area contributed by atoms with Crippen LogP contribution in [0.4, 0.5) is 5.69 Å². The standard InChI is InChI=1S/C27H41N3O3S/c1-19(2)21-11-14-25-24(17-21)27-23(26(29-25)20-9-6-5-7-10-20)13-12-22(33-27)18-28-34(31,32)16-8-15-30(3)4/h5-7,9,11,14,17,19-20,22-23,26-29H,8,10,12-13,15-16,18H2,1-4H3/t20?,22-,23+,26+,27+/m1/s1. The Morgan fingerprint density at radius 2 is 2.03 bits per heavy atom. The van der Waals surface area contributed by atoms with E-state index >= 15 is 0 Å². The number of benzene rings is 1. The van der Waals surface area contributed by atoms with Crippen LogP contribution in [-0.4, -0.2) is 58.4 Å². The normalized spacial score (nSPS) is 28.6. The van der Waals surface area contributed by atoms with Gasteiger partial charge in [-0.25, -0.2) is 13.1 Å². The van der Waals surface area contributed by atoms with Crippen LogP contribution in [0.25, 0.3) is 0 Å². The molecule has 2 heterocycles. The summed E-state index contributed by atoms with van der Waals surface area (Å²) in [5.74, 6) is 1.40. The fraction of sp³-hybridized carbons (Fsp3) is 0.630. The van der Waals surface area contributed by atoms with E-state index in [9.17, 15) is 8.42 Å². The highest BCUT2D eigenvalue weighted by atomic mass is 32.2. The molecular weight excluding hydrogens is 446 g/mol. The minimum absolute atomic E-state index is 0.0174. The van der Waals surface area contributed by atoms with Crippen LogP contribution in [0.5, 0.6) is 0 Å². The van der Waals surface area contributed by atoms with Gasteiger partial charge in [0.25, 0.3) is 0 Å². The maximum absolute atomic E-state index is 12.5. The Bertz CT molecular complexity index is 1000. The number of hydrogen-bond donors (Lipinski definition) is 2. The lowest BCUT2D eigenvalue weighted by Crippen LogP contribution is -2.48. The highest BCUT2D eigenvalue weighted by molar-refractivity contribution is 7.89. The zero-order valence-corrected chi connectivity index (χ0v) is 21.9. The van der Waals surface area contributed by atoms with Crippen molar-refractivity contribution in [1.29, 1.82) is 0 Å². The van der Waals surface area contributed by atoms with Crippen molar-refractivity contribution in [1.82, 2.24) is 9.62 Å².